The van der Waals surface area contributed by atoms with Crippen LogP contribution in [0.4, 0.5) is 0 Å². The van der Waals surface area contributed by atoms with Crippen molar-refractivity contribution in [3.8, 4) is 22.6 Å². The fraction of sp³-hybridized carbons (Fsp3) is 0.188. The number of methoxy groups -OCH3 is 2. The van der Waals surface area contributed by atoms with Gasteiger partial charge in [-0.25, -0.2) is 0 Å². The van der Waals surface area contributed by atoms with Crippen LogP contribution < -0.4 is 14.9 Å². The Morgan fingerprint density at radius 3 is 1.53 bits per heavy atom. The number of carboxylic acid groups (broad SMARTS) is 1. The Bertz CT molecular complexity index is 1480. The summed E-state index contributed by atoms with van der Waals surface area (Å²) in [7, 11) is 1.86. The van der Waals surface area contributed by atoms with Crippen molar-refractivity contribution in [1.82, 2.24) is 0 Å². The van der Waals surface area contributed by atoms with E-state index in [1.807, 2.05) is 18.2 Å². The molecule has 0 aliphatic rings. The summed E-state index contributed by atoms with van der Waals surface area (Å²) >= 11 is 9.06. The Kier molecular flexibility index (Phi) is 22.0. The number of hydrogen-bond donors (Lipinski definition) is 3. The first-order valence-corrected chi connectivity index (χ1v) is 15.6. The van der Waals surface area contributed by atoms with E-state index < -0.39 is 13.1 Å². The smallest absolute Gasteiger partial charge is 0.488 e. The average molecular weight is 952 g/mol. The minimum Gasteiger partial charge on any atom is -0.497 e. The number of benzene rings is 4. The molecule has 3 N–H and O–H groups in total. The molecule has 1 aromatic heterocycles. The summed E-state index contributed by atoms with van der Waals surface area (Å²) in [5.41, 5.74) is 5.01. The minimum absolute atomic E-state index is 0. The van der Waals surface area contributed by atoms with Crippen molar-refractivity contribution in [3.63, 3.8) is 0 Å². The third-order valence-corrected chi connectivity index (χ3v) is 7.17. The molecular formula is C32H35BBr2IO8Pd-. The van der Waals surface area contributed by atoms with E-state index in [4.69, 9.17) is 29.4 Å². The van der Waals surface area contributed by atoms with Gasteiger partial charge < -0.3 is 33.8 Å². The van der Waals surface area contributed by atoms with Crippen molar-refractivity contribution in [2.45, 2.75) is 27.7 Å². The van der Waals surface area contributed by atoms with Gasteiger partial charge in [-0.3, -0.25) is 4.79 Å². The van der Waals surface area contributed by atoms with Gasteiger partial charge >= 0.3 is 7.12 Å². The first kappa shape index (κ1) is 42.8. The van der Waals surface area contributed by atoms with Gasteiger partial charge in [0.05, 0.1) is 14.2 Å². The van der Waals surface area contributed by atoms with Gasteiger partial charge in [0.2, 0.25) is 0 Å². The summed E-state index contributed by atoms with van der Waals surface area (Å²) in [6.07, 6.45) is 0. The second kappa shape index (κ2) is 23.1. The fourth-order valence-corrected chi connectivity index (χ4v) is 4.14. The Labute approximate surface area is 308 Å². The van der Waals surface area contributed by atoms with Gasteiger partial charge in [0.25, 0.3) is 5.97 Å². The molecule has 0 saturated heterocycles. The van der Waals surface area contributed by atoms with Crippen molar-refractivity contribution < 1.29 is 59.0 Å². The SMILES string of the molecule is Brc1ccc(I)cc1.CC(=O)O.COc1ccc(-c2ccc(Br)cc2)c(C)c1.COc1ccc(B(O)O)c(C)c1.C[c-]1oo1.[Pd]. The summed E-state index contributed by atoms with van der Waals surface area (Å²) in [6, 6.07) is 27.7. The zero-order chi connectivity index (χ0) is 33.2. The Morgan fingerprint density at radius 2 is 1.20 bits per heavy atom. The van der Waals surface area contributed by atoms with Gasteiger partial charge in [0.1, 0.15) is 11.5 Å². The van der Waals surface area contributed by atoms with Crippen LogP contribution in [0.3, 0.4) is 0 Å². The van der Waals surface area contributed by atoms with Crippen molar-refractivity contribution in [1.29, 1.82) is 0 Å². The molecule has 1 heterocycles. The van der Waals surface area contributed by atoms with E-state index in [0.29, 0.717) is 11.4 Å². The van der Waals surface area contributed by atoms with Gasteiger partial charge in [-0.05, 0) is 125 Å². The van der Waals surface area contributed by atoms with Gasteiger partial charge in [0.15, 0.2) is 0 Å². The number of rotatable bonds is 4. The fourth-order valence-electron chi connectivity index (χ4n) is 3.25. The van der Waals surface area contributed by atoms with Crippen molar-refractivity contribution in [2.75, 3.05) is 14.2 Å². The predicted molar refractivity (Wildman–Crippen MR) is 190 cm³/mol. The van der Waals surface area contributed by atoms with E-state index in [0.717, 1.165) is 32.9 Å². The largest absolute Gasteiger partial charge is 0.497 e. The molecule has 5 aromatic rings. The second-order valence-corrected chi connectivity index (χ2v) is 12.0. The second-order valence-electron chi connectivity index (χ2n) is 8.90. The van der Waals surface area contributed by atoms with Gasteiger partial charge in [0, 0.05) is 45.8 Å². The number of carboxylic acids is 1. The van der Waals surface area contributed by atoms with Crippen molar-refractivity contribution >= 4 is 73.0 Å². The molecule has 0 fully saturated rings. The summed E-state index contributed by atoms with van der Waals surface area (Å²) in [6.45, 7) is 6.73. The van der Waals surface area contributed by atoms with Crippen LogP contribution in [0.2, 0.25) is 0 Å². The molecule has 4 aromatic carbocycles. The number of aliphatic carboxylic acids is 1. The Balaban J connectivity index is 0.000000588. The number of carbonyl (C=O) groups is 1. The van der Waals surface area contributed by atoms with Crippen LogP contribution in [0.15, 0.2) is 103 Å². The quantitative estimate of drug-likeness (QED) is 0.0715. The van der Waals surface area contributed by atoms with Crippen LogP contribution in [0.5, 0.6) is 11.5 Å². The first-order valence-electron chi connectivity index (χ1n) is 13.0. The minimum atomic E-state index is -1.41. The molecule has 0 amide bonds. The molecule has 0 aliphatic carbocycles. The zero-order valence-electron chi connectivity index (χ0n) is 25.5. The maximum atomic E-state index is 9.00. The number of hydrogen-bond acceptors (Lipinski definition) is 7. The number of aryl methyl sites for hydroxylation is 3. The molecule has 0 atom stereocenters. The van der Waals surface area contributed by atoms with Gasteiger partial charge in [-0.15, -0.1) is 6.92 Å². The molecule has 5 rings (SSSR count). The summed E-state index contributed by atoms with van der Waals surface area (Å²) in [4.78, 5) is 9.00. The molecular weight excluding hydrogens is 916 g/mol. The maximum absolute atomic E-state index is 9.00. The molecule has 45 heavy (non-hydrogen) atoms. The van der Waals surface area contributed by atoms with E-state index >= 15 is 0 Å². The predicted octanol–water partition coefficient (Wildman–Crippen LogP) is 8.16. The van der Waals surface area contributed by atoms with Crippen LogP contribution in [-0.2, 0) is 25.2 Å². The third kappa shape index (κ3) is 19.1. The zero-order valence-corrected chi connectivity index (χ0v) is 32.4. The first-order chi connectivity index (χ1) is 20.8. The maximum Gasteiger partial charge on any atom is 0.488 e. The number of halogens is 3. The molecule has 8 nitrogen and oxygen atoms in total. The molecule has 0 bridgehead atoms. The summed E-state index contributed by atoms with van der Waals surface area (Å²) in [5, 5.41) is 25.2. The van der Waals surface area contributed by atoms with E-state index in [1.54, 1.807) is 46.3 Å². The van der Waals surface area contributed by atoms with Gasteiger partial charge in [-0.1, -0.05) is 56.1 Å². The number of ether oxygens (including phenoxy) is 2. The van der Waals surface area contributed by atoms with Crippen LogP contribution >= 0.6 is 54.5 Å². The molecule has 0 saturated carbocycles. The Hall–Kier alpha value is -2.24. The summed E-state index contributed by atoms with van der Waals surface area (Å²) in [5.74, 6) is 1.45. The standard InChI is InChI=1S/C14H13BrO.C8H11BO3.C6H4BrI.C2H3O2.C2H4O2.Pd/c1-10-9-13(16-2)7-8-14(10)11-3-5-12(15)6-4-11;1-6-5-7(12-2)3-4-8(6)9(10)11;7-5-1-3-6(8)4-2-5;1-2-3-4-2;1-2(3)4;/h3-9H,1-2H3;3-5,10-11H,1-2H3;1-4H;1H3;1H3,(H,3,4);/q;;;-1;;. The van der Waals surface area contributed by atoms with Gasteiger partial charge in [-0.2, -0.15) is 0 Å². The monoisotopic (exact) mass is 949 g/mol. The Morgan fingerprint density at radius 1 is 0.800 bits per heavy atom. The van der Waals surface area contributed by atoms with Crippen LogP contribution in [0.1, 0.15) is 24.0 Å². The van der Waals surface area contributed by atoms with E-state index in [9.17, 15) is 0 Å². The van der Waals surface area contributed by atoms with E-state index in [-0.39, 0.29) is 20.4 Å². The molecule has 0 aliphatic heterocycles. The normalized spacial score (nSPS) is 9.22. The molecule has 0 spiro atoms. The van der Waals surface area contributed by atoms with E-state index in [2.05, 4.69) is 119 Å². The molecule has 0 unspecified atom stereocenters. The molecule has 246 valence electrons. The topological polar surface area (TPSA) is 123 Å². The van der Waals surface area contributed by atoms with E-state index in [1.165, 1.54) is 20.3 Å². The third-order valence-electron chi connectivity index (χ3n) is 5.40. The average Bonchev–Trinajstić information content (AvgIpc) is 3.77. The summed E-state index contributed by atoms with van der Waals surface area (Å²) < 4.78 is 21.9. The van der Waals surface area contributed by atoms with Crippen molar-refractivity contribution in [3.05, 3.63) is 115 Å². The molecule has 0 radical (unpaired) electrons. The van der Waals surface area contributed by atoms with Crippen molar-refractivity contribution in [2.24, 2.45) is 0 Å². The van der Waals surface area contributed by atoms with Crippen LogP contribution in [0.25, 0.3) is 11.1 Å². The molecule has 13 heteroatoms. The van der Waals surface area contributed by atoms with Crippen LogP contribution in [0, 0.1) is 24.3 Å². The van der Waals surface area contributed by atoms with Crippen LogP contribution in [-0.4, -0.2) is 42.5 Å².